The van der Waals surface area contributed by atoms with E-state index in [9.17, 15) is 4.79 Å². The molecule has 1 aliphatic carbocycles. The lowest BCUT2D eigenvalue weighted by molar-refractivity contribution is -0.129. The highest BCUT2D eigenvalue weighted by molar-refractivity contribution is 5.91. The first-order valence-electron chi connectivity index (χ1n) is 4.62. The molecule has 3 heteroatoms. The summed E-state index contributed by atoms with van der Waals surface area (Å²) in [5, 5.41) is 3.42. The smallest absolute Gasteiger partial charge is 0.243 e. The van der Waals surface area contributed by atoms with Crippen molar-refractivity contribution in [2.75, 3.05) is 7.05 Å². The molecule has 2 rings (SSSR count). The Balaban J connectivity index is 2.17. The average Bonchev–Trinajstić information content (AvgIpc) is 2.73. The van der Waals surface area contributed by atoms with E-state index < -0.39 is 0 Å². The summed E-state index contributed by atoms with van der Waals surface area (Å²) in [7, 11) is 1.90. The SMILES string of the molecule is CC(C)C1NC2(CC2)C(=O)N1C. The highest BCUT2D eigenvalue weighted by Crippen LogP contribution is 2.42. The first kappa shape index (κ1) is 8.05. The van der Waals surface area contributed by atoms with E-state index in [4.69, 9.17) is 0 Å². The van der Waals surface area contributed by atoms with Gasteiger partial charge in [0.05, 0.1) is 11.7 Å². The molecule has 1 saturated heterocycles. The number of nitrogens with one attached hydrogen (secondary N) is 1. The number of carbonyl (C=O) groups excluding carboxylic acids is 1. The Morgan fingerprint density at radius 2 is 2.17 bits per heavy atom. The van der Waals surface area contributed by atoms with Crippen LogP contribution in [-0.4, -0.2) is 29.6 Å². The Bertz CT molecular complexity index is 221. The van der Waals surface area contributed by atoms with Crippen LogP contribution in [0.2, 0.25) is 0 Å². The van der Waals surface area contributed by atoms with E-state index in [2.05, 4.69) is 19.2 Å². The van der Waals surface area contributed by atoms with Gasteiger partial charge >= 0.3 is 0 Å². The Kier molecular flexibility index (Phi) is 1.49. The van der Waals surface area contributed by atoms with Crippen LogP contribution in [0.25, 0.3) is 0 Å². The van der Waals surface area contributed by atoms with Crippen LogP contribution in [0, 0.1) is 5.92 Å². The predicted octanol–water partition coefficient (Wildman–Crippen LogP) is 0.563. The fourth-order valence-corrected chi connectivity index (χ4v) is 2.00. The van der Waals surface area contributed by atoms with E-state index >= 15 is 0 Å². The summed E-state index contributed by atoms with van der Waals surface area (Å²) in [6.45, 7) is 4.28. The summed E-state index contributed by atoms with van der Waals surface area (Å²) in [5.74, 6) is 0.792. The molecule has 1 amide bonds. The minimum absolute atomic E-state index is 0.135. The third-order valence-electron chi connectivity index (χ3n) is 2.95. The van der Waals surface area contributed by atoms with Gasteiger partial charge in [-0.25, -0.2) is 0 Å². The highest BCUT2D eigenvalue weighted by Gasteiger charge is 2.58. The van der Waals surface area contributed by atoms with Crippen molar-refractivity contribution < 1.29 is 4.79 Å². The molecule has 0 aromatic carbocycles. The topological polar surface area (TPSA) is 32.3 Å². The molecule has 12 heavy (non-hydrogen) atoms. The Hall–Kier alpha value is -0.570. The molecule has 1 spiro atoms. The fraction of sp³-hybridized carbons (Fsp3) is 0.889. The third kappa shape index (κ3) is 0.891. The molecule has 0 aromatic heterocycles. The number of rotatable bonds is 1. The quantitative estimate of drug-likeness (QED) is 0.620. The standard InChI is InChI=1S/C9H16N2O/c1-6(2)7-10-9(4-5-9)8(12)11(7)3/h6-7,10H,4-5H2,1-3H3. The Morgan fingerprint density at radius 3 is 2.42 bits per heavy atom. The zero-order valence-corrected chi connectivity index (χ0v) is 7.92. The molecule has 1 saturated carbocycles. The van der Waals surface area contributed by atoms with Gasteiger partial charge in [0.25, 0.3) is 0 Å². The summed E-state index contributed by atoms with van der Waals surface area (Å²) in [5.41, 5.74) is -0.135. The van der Waals surface area contributed by atoms with Gasteiger partial charge in [0.15, 0.2) is 0 Å². The lowest BCUT2D eigenvalue weighted by Gasteiger charge is -2.22. The molecule has 1 heterocycles. The van der Waals surface area contributed by atoms with Gasteiger partial charge in [-0.1, -0.05) is 13.8 Å². The van der Waals surface area contributed by atoms with Crippen molar-refractivity contribution in [1.29, 1.82) is 0 Å². The minimum atomic E-state index is -0.135. The molecule has 3 nitrogen and oxygen atoms in total. The molecule has 1 atom stereocenters. The van der Waals surface area contributed by atoms with E-state index in [1.165, 1.54) is 0 Å². The van der Waals surface area contributed by atoms with Crippen LogP contribution in [0.1, 0.15) is 26.7 Å². The van der Waals surface area contributed by atoms with Gasteiger partial charge in [-0.15, -0.1) is 0 Å². The first-order valence-corrected chi connectivity index (χ1v) is 4.62. The van der Waals surface area contributed by atoms with Crippen molar-refractivity contribution in [2.24, 2.45) is 5.92 Å². The predicted molar refractivity (Wildman–Crippen MR) is 46.5 cm³/mol. The van der Waals surface area contributed by atoms with Crippen molar-refractivity contribution in [3.63, 3.8) is 0 Å². The second-order valence-corrected chi connectivity index (χ2v) is 4.33. The van der Waals surface area contributed by atoms with E-state index in [1.54, 1.807) is 0 Å². The second kappa shape index (κ2) is 2.22. The van der Waals surface area contributed by atoms with E-state index in [0.717, 1.165) is 12.8 Å². The average molecular weight is 168 g/mol. The monoisotopic (exact) mass is 168 g/mol. The molecule has 2 fully saturated rings. The normalized spacial score (nSPS) is 32.2. The van der Waals surface area contributed by atoms with Gasteiger partial charge in [-0.3, -0.25) is 10.1 Å². The number of likely N-dealkylation sites (N-methyl/N-ethyl adjacent to an activating group) is 1. The van der Waals surface area contributed by atoms with Crippen molar-refractivity contribution in [1.82, 2.24) is 10.2 Å². The van der Waals surface area contributed by atoms with E-state index in [-0.39, 0.29) is 11.7 Å². The third-order valence-corrected chi connectivity index (χ3v) is 2.95. The molecular weight excluding hydrogens is 152 g/mol. The summed E-state index contributed by atoms with van der Waals surface area (Å²) < 4.78 is 0. The first-order chi connectivity index (χ1) is 5.57. The molecular formula is C9H16N2O. The zero-order chi connectivity index (χ0) is 8.93. The molecule has 68 valence electrons. The van der Waals surface area contributed by atoms with E-state index in [1.807, 2.05) is 11.9 Å². The summed E-state index contributed by atoms with van der Waals surface area (Å²) in [6.07, 6.45) is 2.30. The van der Waals surface area contributed by atoms with Crippen molar-refractivity contribution in [2.45, 2.75) is 38.4 Å². The maximum absolute atomic E-state index is 11.7. The molecule has 2 aliphatic rings. The highest BCUT2D eigenvalue weighted by atomic mass is 16.2. The zero-order valence-electron chi connectivity index (χ0n) is 7.92. The molecule has 0 bridgehead atoms. The van der Waals surface area contributed by atoms with Crippen molar-refractivity contribution in [3.8, 4) is 0 Å². The molecule has 0 aromatic rings. The van der Waals surface area contributed by atoms with Crippen LogP contribution < -0.4 is 5.32 Å². The molecule has 1 unspecified atom stereocenters. The van der Waals surface area contributed by atoms with Crippen LogP contribution in [0.4, 0.5) is 0 Å². The van der Waals surface area contributed by atoms with Crippen molar-refractivity contribution >= 4 is 5.91 Å². The lowest BCUT2D eigenvalue weighted by Crippen LogP contribution is -2.39. The largest absolute Gasteiger partial charge is 0.328 e. The van der Waals surface area contributed by atoms with Crippen LogP contribution in [-0.2, 0) is 4.79 Å². The number of carbonyl (C=O) groups is 1. The van der Waals surface area contributed by atoms with Crippen LogP contribution in [0.3, 0.4) is 0 Å². The lowest BCUT2D eigenvalue weighted by atomic mass is 10.1. The number of hydrogen-bond donors (Lipinski definition) is 1. The molecule has 1 N–H and O–H groups in total. The minimum Gasteiger partial charge on any atom is -0.328 e. The van der Waals surface area contributed by atoms with Crippen LogP contribution in [0.15, 0.2) is 0 Å². The van der Waals surface area contributed by atoms with E-state index in [0.29, 0.717) is 11.8 Å². The fourth-order valence-electron chi connectivity index (χ4n) is 2.00. The number of hydrogen-bond acceptors (Lipinski definition) is 2. The summed E-state index contributed by atoms with van der Waals surface area (Å²) in [6, 6.07) is 0. The van der Waals surface area contributed by atoms with Crippen LogP contribution in [0.5, 0.6) is 0 Å². The maximum atomic E-state index is 11.7. The van der Waals surface area contributed by atoms with Gasteiger partial charge in [0.2, 0.25) is 5.91 Å². The Labute approximate surface area is 73.1 Å². The second-order valence-electron chi connectivity index (χ2n) is 4.33. The van der Waals surface area contributed by atoms with Crippen LogP contribution >= 0.6 is 0 Å². The van der Waals surface area contributed by atoms with Crippen molar-refractivity contribution in [3.05, 3.63) is 0 Å². The summed E-state index contributed by atoms with van der Waals surface area (Å²) in [4.78, 5) is 13.5. The Morgan fingerprint density at radius 1 is 1.58 bits per heavy atom. The van der Waals surface area contributed by atoms with Gasteiger partial charge in [-0.05, 0) is 18.8 Å². The van der Waals surface area contributed by atoms with Gasteiger partial charge in [0.1, 0.15) is 0 Å². The maximum Gasteiger partial charge on any atom is 0.243 e. The number of amides is 1. The van der Waals surface area contributed by atoms with Gasteiger partial charge < -0.3 is 4.90 Å². The molecule has 1 aliphatic heterocycles. The summed E-state index contributed by atoms with van der Waals surface area (Å²) >= 11 is 0. The van der Waals surface area contributed by atoms with Gasteiger partial charge in [0, 0.05) is 7.05 Å². The molecule has 0 radical (unpaired) electrons. The van der Waals surface area contributed by atoms with Gasteiger partial charge in [-0.2, -0.15) is 0 Å². The number of nitrogens with zero attached hydrogens (tertiary/aromatic N) is 1.